The van der Waals surface area contributed by atoms with Gasteiger partial charge in [-0.3, -0.25) is 9.59 Å². The molecule has 2 aliphatic heterocycles. The Morgan fingerprint density at radius 2 is 2.00 bits per heavy atom. The van der Waals surface area contributed by atoms with Crippen LogP contribution in [0.4, 0.5) is 13.2 Å². The van der Waals surface area contributed by atoms with E-state index in [0.717, 1.165) is 0 Å². The van der Waals surface area contributed by atoms with Gasteiger partial charge in [0.15, 0.2) is 0 Å². The third kappa shape index (κ3) is 3.14. The largest absolute Gasteiger partial charge is 0.393 e. The van der Waals surface area contributed by atoms with Crippen LogP contribution in [0.1, 0.15) is 26.7 Å². The summed E-state index contributed by atoms with van der Waals surface area (Å²) in [4.78, 5) is 25.8. The number of carbonyl (C=O) groups is 2. The SMILES string of the molecule is CC1(C)C(=O)NCCN1C(=O)C1CCC(C(F)(F)F)CN1. The van der Waals surface area contributed by atoms with Crippen LogP contribution in [0.15, 0.2) is 0 Å². The summed E-state index contributed by atoms with van der Waals surface area (Å²) in [5, 5.41) is 5.37. The molecule has 2 atom stereocenters. The molecule has 2 amide bonds. The zero-order valence-electron chi connectivity index (χ0n) is 12.1. The topological polar surface area (TPSA) is 61.4 Å². The normalized spacial score (nSPS) is 30.0. The van der Waals surface area contributed by atoms with Gasteiger partial charge in [-0.05, 0) is 26.7 Å². The molecular formula is C13H20F3N3O2. The average Bonchev–Trinajstić information content (AvgIpc) is 2.40. The maximum atomic E-state index is 12.6. The van der Waals surface area contributed by atoms with Crippen molar-refractivity contribution in [3.05, 3.63) is 0 Å². The summed E-state index contributed by atoms with van der Waals surface area (Å²) in [5.74, 6) is -1.94. The molecule has 0 aromatic carbocycles. The fraction of sp³-hybridized carbons (Fsp3) is 0.846. The molecule has 120 valence electrons. The minimum atomic E-state index is -4.23. The van der Waals surface area contributed by atoms with E-state index >= 15 is 0 Å². The third-order valence-corrected chi connectivity index (χ3v) is 4.29. The summed E-state index contributed by atoms with van der Waals surface area (Å²) in [5.41, 5.74) is -0.974. The predicted octanol–water partition coefficient (Wildman–Crippen LogP) is 0.654. The van der Waals surface area contributed by atoms with Gasteiger partial charge in [-0.1, -0.05) is 0 Å². The molecule has 8 heteroatoms. The van der Waals surface area contributed by atoms with E-state index in [0.29, 0.717) is 13.1 Å². The predicted molar refractivity (Wildman–Crippen MR) is 69.4 cm³/mol. The molecule has 21 heavy (non-hydrogen) atoms. The average molecular weight is 307 g/mol. The summed E-state index contributed by atoms with van der Waals surface area (Å²) in [6, 6.07) is -0.645. The molecule has 2 fully saturated rings. The molecule has 0 saturated carbocycles. The highest BCUT2D eigenvalue weighted by molar-refractivity contribution is 5.93. The molecule has 0 aromatic rings. The van der Waals surface area contributed by atoms with Gasteiger partial charge in [0.1, 0.15) is 5.54 Å². The van der Waals surface area contributed by atoms with E-state index < -0.39 is 23.7 Å². The van der Waals surface area contributed by atoms with Crippen molar-refractivity contribution in [2.45, 2.75) is 44.4 Å². The molecule has 2 N–H and O–H groups in total. The van der Waals surface area contributed by atoms with Crippen molar-refractivity contribution in [3.8, 4) is 0 Å². The summed E-state index contributed by atoms with van der Waals surface area (Å²) < 4.78 is 37.8. The van der Waals surface area contributed by atoms with Crippen molar-refractivity contribution in [1.29, 1.82) is 0 Å². The monoisotopic (exact) mass is 307 g/mol. The fourth-order valence-electron chi connectivity index (χ4n) is 2.82. The second-order valence-corrected chi connectivity index (χ2v) is 6.08. The van der Waals surface area contributed by atoms with Crippen molar-refractivity contribution in [3.63, 3.8) is 0 Å². The quantitative estimate of drug-likeness (QED) is 0.748. The summed E-state index contributed by atoms with van der Waals surface area (Å²) in [7, 11) is 0. The van der Waals surface area contributed by atoms with Gasteiger partial charge >= 0.3 is 6.18 Å². The fourth-order valence-corrected chi connectivity index (χ4v) is 2.82. The minimum Gasteiger partial charge on any atom is -0.352 e. The molecule has 2 rings (SSSR count). The summed E-state index contributed by atoms with van der Waals surface area (Å²) in [6.45, 7) is 3.77. The molecule has 5 nitrogen and oxygen atoms in total. The number of nitrogens with one attached hydrogen (secondary N) is 2. The number of nitrogens with zero attached hydrogens (tertiary/aromatic N) is 1. The number of hydrogen-bond donors (Lipinski definition) is 2. The second-order valence-electron chi connectivity index (χ2n) is 6.08. The number of piperazine rings is 1. The van der Waals surface area contributed by atoms with E-state index in [2.05, 4.69) is 10.6 Å². The molecule has 2 unspecified atom stereocenters. The number of rotatable bonds is 1. The van der Waals surface area contributed by atoms with Crippen LogP contribution in [0.25, 0.3) is 0 Å². The Labute approximate surface area is 121 Å². The molecule has 0 aromatic heterocycles. The van der Waals surface area contributed by atoms with E-state index in [9.17, 15) is 22.8 Å². The number of alkyl halides is 3. The smallest absolute Gasteiger partial charge is 0.352 e. The Morgan fingerprint density at radius 3 is 2.52 bits per heavy atom. The van der Waals surface area contributed by atoms with E-state index in [1.165, 1.54) is 4.90 Å². The Morgan fingerprint density at radius 1 is 1.33 bits per heavy atom. The first-order chi connectivity index (χ1) is 9.64. The zero-order chi connectivity index (χ0) is 15.8. The number of piperidine rings is 1. The first kappa shape index (κ1) is 16.1. The third-order valence-electron chi connectivity index (χ3n) is 4.29. The maximum Gasteiger partial charge on any atom is 0.393 e. The molecule has 2 saturated heterocycles. The number of amides is 2. The van der Waals surface area contributed by atoms with E-state index in [1.54, 1.807) is 13.8 Å². The maximum absolute atomic E-state index is 12.6. The van der Waals surface area contributed by atoms with Gasteiger partial charge in [0.25, 0.3) is 0 Å². The molecular weight excluding hydrogens is 287 g/mol. The van der Waals surface area contributed by atoms with E-state index in [4.69, 9.17) is 0 Å². The van der Waals surface area contributed by atoms with Crippen molar-refractivity contribution < 1.29 is 22.8 Å². The van der Waals surface area contributed by atoms with Gasteiger partial charge in [0.05, 0.1) is 12.0 Å². The molecule has 2 aliphatic rings. The first-order valence-corrected chi connectivity index (χ1v) is 7.04. The van der Waals surface area contributed by atoms with Crippen LogP contribution in [-0.4, -0.2) is 54.1 Å². The Hall–Kier alpha value is -1.31. The molecule has 0 radical (unpaired) electrons. The van der Waals surface area contributed by atoms with Crippen molar-refractivity contribution in [2.75, 3.05) is 19.6 Å². The highest BCUT2D eigenvalue weighted by Gasteiger charge is 2.46. The van der Waals surface area contributed by atoms with Gasteiger partial charge in [-0.2, -0.15) is 13.2 Å². The van der Waals surface area contributed by atoms with Crippen LogP contribution < -0.4 is 10.6 Å². The van der Waals surface area contributed by atoms with Crippen molar-refractivity contribution in [1.82, 2.24) is 15.5 Å². The lowest BCUT2D eigenvalue weighted by molar-refractivity contribution is -0.181. The zero-order valence-corrected chi connectivity index (χ0v) is 12.1. The van der Waals surface area contributed by atoms with Gasteiger partial charge in [-0.25, -0.2) is 0 Å². The van der Waals surface area contributed by atoms with E-state index in [1.807, 2.05) is 0 Å². The molecule has 2 heterocycles. The highest BCUT2D eigenvalue weighted by Crippen LogP contribution is 2.32. The van der Waals surface area contributed by atoms with Gasteiger partial charge in [0, 0.05) is 19.6 Å². The lowest BCUT2D eigenvalue weighted by Crippen LogP contribution is -2.66. The van der Waals surface area contributed by atoms with Crippen LogP contribution >= 0.6 is 0 Å². The number of carbonyl (C=O) groups excluding carboxylic acids is 2. The lowest BCUT2D eigenvalue weighted by Gasteiger charge is -2.43. The molecule has 0 spiro atoms. The highest BCUT2D eigenvalue weighted by atomic mass is 19.4. The number of hydrogen-bond acceptors (Lipinski definition) is 3. The minimum absolute atomic E-state index is 0.0621. The summed E-state index contributed by atoms with van der Waals surface area (Å²) >= 11 is 0. The Kier molecular flexibility index (Phi) is 4.19. The van der Waals surface area contributed by atoms with Crippen LogP contribution in [0.3, 0.4) is 0 Å². The first-order valence-electron chi connectivity index (χ1n) is 7.04. The van der Waals surface area contributed by atoms with Crippen LogP contribution in [0.2, 0.25) is 0 Å². The van der Waals surface area contributed by atoms with Crippen LogP contribution in [-0.2, 0) is 9.59 Å². The Bertz CT molecular complexity index is 429. The van der Waals surface area contributed by atoms with Crippen molar-refractivity contribution in [2.24, 2.45) is 5.92 Å². The summed E-state index contributed by atoms with van der Waals surface area (Å²) in [6.07, 6.45) is -4.16. The van der Waals surface area contributed by atoms with Gasteiger partial charge in [0.2, 0.25) is 11.8 Å². The Balaban J connectivity index is 2.00. The van der Waals surface area contributed by atoms with Crippen molar-refractivity contribution >= 4 is 11.8 Å². The van der Waals surface area contributed by atoms with Gasteiger partial charge in [-0.15, -0.1) is 0 Å². The standard InChI is InChI=1S/C13H20F3N3O2/c1-12(2)11(21)17-5-6-19(12)10(20)9-4-3-8(7-18-9)13(14,15)16/h8-9,18H,3-7H2,1-2H3,(H,17,21). The van der Waals surface area contributed by atoms with Gasteiger partial charge < -0.3 is 15.5 Å². The number of halogens is 3. The van der Waals surface area contributed by atoms with Crippen LogP contribution in [0.5, 0.6) is 0 Å². The molecule has 0 bridgehead atoms. The van der Waals surface area contributed by atoms with E-state index in [-0.39, 0.29) is 31.2 Å². The van der Waals surface area contributed by atoms with Crippen LogP contribution in [0, 0.1) is 5.92 Å². The molecule has 0 aliphatic carbocycles. The lowest BCUT2D eigenvalue weighted by atomic mass is 9.91. The second kappa shape index (κ2) is 5.47.